The molecule has 1 aliphatic carbocycles. The lowest BCUT2D eigenvalue weighted by molar-refractivity contribution is -0.119. The molecule has 0 aromatic heterocycles. The van der Waals surface area contributed by atoms with Gasteiger partial charge in [-0.2, -0.15) is 0 Å². The van der Waals surface area contributed by atoms with Crippen molar-refractivity contribution in [1.82, 2.24) is 5.32 Å². The molecule has 0 aromatic rings. The molecule has 0 saturated heterocycles. The first kappa shape index (κ1) is 11.0. The molecule has 0 amide bonds. The van der Waals surface area contributed by atoms with Crippen LogP contribution in [0.3, 0.4) is 0 Å². The van der Waals surface area contributed by atoms with Crippen molar-refractivity contribution >= 4 is 0 Å². The first-order valence-electron chi connectivity index (χ1n) is 4.98. The maximum atomic E-state index is 5.16. The van der Waals surface area contributed by atoms with Gasteiger partial charge in [-0.1, -0.05) is 6.92 Å². The van der Waals surface area contributed by atoms with E-state index in [1.165, 1.54) is 6.42 Å². The summed E-state index contributed by atoms with van der Waals surface area (Å²) >= 11 is 0. The Kier molecular flexibility index (Phi) is 4.16. The zero-order valence-corrected chi connectivity index (χ0v) is 9.04. The van der Waals surface area contributed by atoms with Gasteiger partial charge in [0.1, 0.15) is 0 Å². The van der Waals surface area contributed by atoms with Crippen LogP contribution in [0.5, 0.6) is 0 Å². The summed E-state index contributed by atoms with van der Waals surface area (Å²) in [7, 11) is 3.35. The quantitative estimate of drug-likeness (QED) is 0.635. The van der Waals surface area contributed by atoms with Crippen molar-refractivity contribution in [3.63, 3.8) is 0 Å². The summed E-state index contributed by atoms with van der Waals surface area (Å²) in [6.07, 6.45) is 1.23. The standard InChI is InChI=1S/C10H21NO2/c1-7-5-9(7)6-11-8(2)10(12-3)13-4/h7-11H,5-6H2,1-4H3. The Bertz CT molecular complexity index is 148. The van der Waals surface area contributed by atoms with Crippen LogP contribution < -0.4 is 5.32 Å². The molecule has 0 heterocycles. The molecule has 3 atom stereocenters. The predicted octanol–water partition coefficient (Wildman–Crippen LogP) is 1.24. The number of rotatable bonds is 6. The molecular weight excluding hydrogens is 166 g/mol. The van der Waals surface area contributed by atoms with Crippen LogP contribution in [0, 0.1) is 11.8 Å². The number of hydrogen-bond acceptors (Lipinski definition) is 3. The fourth-order valence-corrected chi connectivity index (χ4v) is 1.62. The van der Waals surface area contributed by atoms with Gasteiger partial charge in [0.15, 0.2) is 6.29 Å². The average molecular weight is 187 g/mol. The fourth-order valence-electron chi connectivity index (χ4n) is 1.62. The van der Waals surface area contributed by atoms with Gasteiger partial charge in [0.05, 0.1) is 6.04 Å². The summed E-state index contributed by atoms with van der Waals surface area (Å²) in [5.41, 5.74) is 0. The molecule has 0 bridgehead atoms. The molecule has 0 spiro atoms. The van der Waals surface area contributed by atoms with Gasteiger partial charge in [0.25, 0.3) is 0 Å². The lowest BCUT2D eigenvalue weighted by atomic mass is 10.3. The molecule has 3 nitrogen and oxygen atoms in total. The van der Waals surface area contributed by atoms with Crippen molar-refractivity contribution in [2.24, 2.45) is 11.8 Å². The molecule has 1 fully saturated rings. The molecule has 0 radical (unpaired) electrons. The van der Waals surface area contributed by atoms with Crippen molar-refractivity contribution < 1.29 is 9.47 Å². The summed E-state index contributed by atoms with van der Waals surface area (Å²) in [5, 5.41) is 3.43. The minimum Gasteiger partial charge on any atom is -0.354 e. The summed E-state index contributed by atoms with van der Waals surface area (Å²) in [6, 6.07) is 0.266. The first-order valence-corrected chi connectivity index (χ1v) is 4.98. The highest BCUT2D eigenvalue weighted by Gasteiger charge is 2.32. The van der Waals surface area contributed by atoms with Crippen LogP contribution in [-0.4, -0.2) is 33.1 Å². The van der Waals surface area contributed by atoms with E-state index in [-0.39, 0.29) is 12.3 Å². The summed E-state index contributed by atoms with van der Waals surface area (Å²) in [6.45, 7) is 5.47. The minimum absolute atomic E-state index is 0.131. The predicted molar refractivity (Wildman–Crippen MR) is 52.5 cm³/mol. The lowest BCUT2D eigenvalue weighted by Gasteiger charge is -2.22. The van der Waals surface area contributed by atoms with Crippen LogP contribution in [0.1, 0.15) is 20.3 Å². The summed E-state index contributed by atoms with van der Waals surface area (Å²) < 4.78 is 10.3. The highest BCUT2D eigenvalue weighted by Crippen LogP contribution is 2.36. The molecule has 13 heavy (non-hydrogen) atoms. The van der Waals surface area contributed by atoms with Gasteiger partial charge < -0.3 is 14.8 Å². The average Bonchev–Trinajstić information content (AvgIpc) is 2.81. The van der Waals surface area contributed by atoms with Crippen LogP contribution in [-0.2, 0) is 9.47 Å². The Morgan fingerprint density at radius 1 is 1.38 bits per heavy atom. The second-order valence-corrected chi connectivity index (χ2v) is 4.01. The molecule has 0 aliphatic heterocycles. The van der Waals surface area contributed by atoms with Crippen molar-refractivity contribution in [3.8, 4) is 0 Å². The minimum atomic E-state index is -0.131. The third kappa shape index (κ3) is 3.25. The normalized spacial score (nSPS) is 29.3. The Balaban J connectivity index is 2.12. The van der Waals surface area contributed by atoms with Gasteiger partial charge in [0, 0.05) is 14.2 Å². The molecule has 3 heteroatoms. The van der Waals surface area contributed by atoms with E-state index in [2.05, 4.69) is 19.2 Å². The largest absolute Gasteiger partial charge is 0.354 e. The highest BCUT2D eigenvalue weighted by atomic mass is 16.7. The zero-order chi connectivity index (χ0) is 9.84. The Hall–Kier alpha value is -0.120. The molecule has 1 rings (SSSR count). The number of methoxy groups -OCH3 is 2. The van der Waals surface area contributed by atoms with Crippen molar-refractivity contribution in [2.75, 3.05) is 20.8 Å². The van der Waals surface area contributed by atoms with Crippen LogP contribution in [0.15, 0.2) is 0 Å². The van der Waals surface area contributed by atoms with E-state index in [1.807, 2.05) is 0 Å². The third-order valence-corrected chi connectivity index (χ3v) is 2.85. The van der Waals surface area contributed by atoms with E-state index >= 15 is 0 Å². The highest BCUT2D eigenvalue weighted by molar-refractivity contribution is 4.85. The fraction of sp³-hybridized carbons (Fsp3) is 1.00. The van der Waals surface area contributed by atoms with Gasteiger partial charge in [0.2, 0.25) is 0 Å². The summed E-state index contributed by atoms with van der Waals surface area (Å²) in [5.74, 6) is 1.78. The maximum absolute atomic E-state index is 5.16. The van der Waals surface area contributed by atoms with Gasteiger partial charge in [-0.15, -0.1) is 0 Å². The second-order valence-electron chi connectivity index (χ2n) is 4.01. The third-order valence-electron chi connectivity index (χ3n) is 2.85. The maximum Gasteiger partial charge on any atom is 0.171 e. The van der Waals surface area contributed by atoms with Crippen molar-refractivity contribution in [2.45, 2.75) is 32.6 Å². The molecular formula is C10H21NO2. The van der Waals surface area contributed by atoms with E-state index in [0.29, 0.717) is 0 Å². The molecule has 78 valence electrons. The van der Waals surface area contributed by atoms with Gasteiger partial charge in [-0.05, 0) is 31.7 Å². The number of hydrogen-bond donors (Lipinski definition) is 1. The van der Waals surface area contributed by atoms with E-state index in [1.54, 1.807) is 14.2 Å². The molecule has 0 aromatic carbocycles. The van der Waals surface area contributed by atoms with E-state index in [0.717, 1.165) is 18.4 Å². The van der Waals surface area contributed by atoms with Gasteiger partial charge in [-0.3, -0.25) is 0 Å². The SMILES string of the molecule is COC(OC)C(C)NCC1CC1C. The molecule has 1 saturated carbocycles. The molecule has 1 N–H and O–H groups in total. The monoisotopic (exact) mass is 187 g/mol. The molecule has 1 aliphatic rings. The topological polar surface area (TPSA) is 30.5 Å². The Morgan fingerprint density at radius 3 is 2.31 bits per heavy atom. The van der Waals surface area contributed by atoms with Crippen molar-refractivity contribution in [1.29, 1.82) is 0 Å². The van der Waals surface area contributed by atoms with Gasteiger partial charge in [-0.25, -0.2) is 0 Å². The molecule has 3 unspecified atom stereocenters. The Labute approximate surface area is 80.8 Å². The van der Waals surface area contributed by atoms with E-state index in [4.69, 9.17) is 9.47 Å². The Morgan fingerprint density at radius 2 is 1.92 bits per heavy atom. The van der Waals surface area contributed by atoms with Crippen LogP contribution >= 0.6 is 0 Å². The van der Waals surface area contributed by atoms with Gasteiger partial charge >= 0.3 is 0 Å². The van der Waals surface area contributed by atoms with E-state index in [9.17, 15) is 0 Å². The number of nitrogens with one attached hydrogen (secondary N) is 1. The van der Waals surface area contributed by atoms with Crippen LogP contribution in [0.4, 0.5) is 0 Å². The zero-order valence-electron chi connectivity index (χ0n) is 9.04. The first-order chi connectivity index (χ1) is 6.19. The second kappa shape index (κ2) is 4.94. The van der Waals surface area contributed by atoms with E-state index < -0.39 is 0 Å². The van der Waals surface area contributed by atoms with Crippen molar-refractivity contribution in [3.05, 3.63) is 0 Å². The van der Waals surface area contributed by atoms with Crippen LogP contribution in [0.25, 0.3) is 0 Å². The lowest BCUT2D eigenvalue weighted by Crippen LogP contribution is -2.40. The number of ether oxygens (including phenoxy) is 2. The summed E-state index contributed by atoms with van der Waals surface area (Å²) in [4.78, 5) is 0. The smallest absolute Gasteiger partial charge is 0.171 e. The van der Waals surface area contributed by atoms with Crippen LogP contribution in [0.2, 0.25) is 0 Å².